The molecule has 6 nitrogen and oxygen atoms in total. The first-order valence-electron chi connectivity index (χ1n) is 9.87. The van der Waals surface area contributed by atoms with E-state index in [1.807, 2.05) is 63.0 Å². The maximum Gasteiger partial charge on any atom is 0.407 e. The first-order valence-corrected chi connectivity index (χ1v) is 9.87. The van der Waals surface area contributed by atoms with Crippen LogP contribution in [0.2, 0.25) is 0 Å². The van der Waals surface area contributed by atoms with E-state index in [-0.39, 0.29) is 18.4 Å². The molecule has 1 heterocycles. The van der Waals surface area contributed by atoms with Crippen LogP contribution in [0.1, 0.15) is 52.5 Å². The maximum atomic E-state index is 12.9. The minimum absolute atomic E-state index is 0.0383. The molecule has 1 fully saturated rings. The molecular weight excluding hydrogens is 342 g/mol. The van der Waals surface area contributed by atoms with Gasteiger partial charge in [0, 0.05) is 32.1 Å². The molecule has 0 aliphatic carbocycles. The lowest BCUT2D eigenvalue weighted by atomic mass is 10.0. The van der Waals surface area contributed by atoms with E-state index in [2.05, 4.69) is 10.3 Å². The fourth-order valence-corrected chi connectivity index (χ4v) is 3.34. The smallest absolute Gasteiger partial charge is 0.407 e. The lowest BCUT2D eigenvalue weighted by Crippen LogP contribution is -2.48. The number of alkyl carbamates (subject to hydrolysis) is 1. The summed E-state index contributed by atoms with van der Waals surface area (Å²) in [5.74, 6) is 0.0383. The van der Waals surface area contributed by atoms with E-state index in [0.29, 0.717) is 13.0 Å². The number of hydrogen-bond acceptors (Lipinski definition) is 4. The van der Waals surface area contributed by atoms with Gasteiger partial charge in [-0.05, 0) is 52.5 Å². The summed E-state index contributed by atoms with van der Waals surface area (Å²) in [6, 6.07) is 9.58. The van der Waals surface area contributed by atoms with E-state index < -0.39 is 11.7 Å². The standard InChI is InChI=1S/C21H33N3O3/c1-5-24(23-13-9-10-14-23)19(25)16-18(15-17-11-7-6-8-12-17)22-20(26)27-21(2,3)4/h6-8,11-12,18H,5,9-10,13-16H2,1-4H3,(H,22,26). The molecule has 1 aliphatic rings. The Morgan fingerprint density at radius 3 is 2.37 bits per heavy atom. The van der Waals surface area contributed by atoms with Gasteiger partial charge in [-0.3, -0.25) is 9.80 Å². The van der Waals surface area contributed by atoms with E-state index in [1.54, 1.807) is 0 Å². The molecule has 1 aromatic rings. The van der Waals surface area contributed by atoms with Crippen LogP contribution in [0, 0.1) is 0 Å². The highest BCUT2D eigenvalue weighted by atomic mass is 16.6. The SMILES string of the molecule is CCN(C(=O)CC(Cc1ccccc1)NC(=O)OC(C)(C)C)N1CCCC1. The van der Waals surface area contributed by atoms with Gasteiger partial charge in [-0.2, -0.15) is 0 Å². The van der Waals surface area contributed by atoms with Crippen LogP contribution in [0.5, 0.6) is 0 Å². The third kappa shape index (κ3) is 7.21. The summed E-state index contributed by atoms with van der Waals surface area (Å²) in [7, 11) is 0. The zero-order valence-electron chi connectivity index (χ0n) is 17.0. The number of ether oxygens (including phenoxy) is 1. The van der Waals surface area contributed by atoms with Crippen LogP contribution in [0.4, 0.5) is 4.79 Å². The summed E-state index contributed by atoms with van der Waals surface area (Å²) < 4.78 is 5.39. The second kappa shape index (κ2) is 9.74. The van der Waals surface area contributed by atoms with Crippen molar-refractivity contribution in [1.29, 1.82) is 0 Å². The van der Waals surface area contributed by atoms with Gasteiger partial charge < -0.3 is 10.1 Å². The Morgan fingerprint density at radius 2 is 1.81 bits per heavy atom. The third-order valence-electron chi connectivity index (χ3n) is 4.48. The number of hydrogen-bond donors (Lipinski definition) is 1. The zero-order chi connectivity index (χ0) is 19.9. The number of carbonyl (C=O) groups excluding carboxylic acids is 2. The van der Waals surface area contributed by atoms with Crippen molar-refractivity contribution in [2.24, 2.45) is 0 Å². The second-order valence-corrected chi connectivity index (χ2v) is 8.01. The normalized spacial score (nSPS) is 16.0. The topological polar surface area (TPSA) is 61.9 Å². The number of benzene rings is 1. The van der Waals surface area contributed by atoms with E-state index in [9.17, 15) is 9.59 Å². The molecule has 150 valence electrons. The molecule has 1 unspecified atom stereocenters. The molecule has 1 atom stereocenters. The number of hydrazine groups is 1. The van der Waals surface area contributed by atoms with Gasteiger partial charge in [0.25, 0.3) is 0 Å². The van der Waals surface area contributed by atoms with Gasteiger partial charge in [-0.1, -0.05) is 30.3 Å². The largest absolute Gasteiger partial charge is 0.444 e. The van der Waals surface area contributed by atoms with Crippen LogP contribution < -0.4 is 5.32 Å². The van der Waals surface area contributed by atoms with Crippen molar-refractivity contribution >= 4 is 12.0 Å². The highest BCUT2D eigenvalue weighted by molar-refractivity contribution is 5.77. The van der Waals surface area contributed by atoms with Gasteiger partial charge in [-0.25, -0.2) is 9.80 Å². The first kappa shape index (κ1) is 21.2. The van der Waals surface area contributed by atoms with Gasteiger partial charge in [0.15, 0.2) is 0 Å². The monoisotopic (exact) mass is 375 g/mol. The van der Waals surface area contributed by atoms with Crippen molar-refractivity contribution < 1.29 is 14.3 Å². The minimum atomic E-state index is -0.573. The van der Waals surface area contributed by atoms with Gasteiger partial charge in [0.1, 0.15) is 5.60 Å². The molecule has 0 radical (unpaired) electrons. The Kier molecular flexibility index (Phi) is 7.66. The molecule has 1 N–H and O–H groups in total. The lowest BCUT2D eigenvalue weighted by Gasteiger charge is -2.32. The molecule has 2 rings (SSSR count). The molecule has 1 aromatic carbocycles. The molecule has 2 amide bonds. The molecule has 0 saturated carbocycles. The number of nitrogens with one attached hydrogen (secondary N) is 1. The van der Waals surface area contributed by atoms with Gasteiger partial charge in [0.05, 0.1) is 0 Å². The molecular formula is C21H33N3O3. The first-order chi connectivity index (χ1) is 12.8. The third-order valence-corrected chi connectivity index (χ3v) is 4.48. The number of amides is 2. The average Bonchev–Trinajstić information content (AvgIpc) is 3.08. The average molecular weight is 376 g/mol. The quantitative estimate of drug-likeness (QED) is 0.794. The molecule has 0 spiro atoms. The van der Waals surface area contributed by atoms with Crippen LogP contribution in [0.3, 0.4) is 0 Å². The van der Waals surface area contributed by atoms with Crippen LogP contribution >= 0.6 is 0 Å². The molecule has 27 heavy (non-hydrogen) atoms. The lowest BCUT2D eigenvalue weighted by molar-refractivity contribution is -0.147. The Bertz CT molecular complexity index is 607. The van der Waals surface area contributed by atoms with Gasteiger partial charge in [-0.15, -0.1) is 0 Å². The van der Waals surface area contributed by atoms with E-state index in [1.165, 1.54) is 0 Å². The summed E-state index contributed by atoms with van der Waals surface area (Å²) in [6.07, 6.45) is 2.59. The fourth-order valence-electron chi connectivity index (χ4n) is 3.34. The van der Waals surface area contributed by atoms with Crippen LogP contribution in [-0.4, -0.2) is 53.3 Å². The van der Waals surface area contributed by atoms with Crippen molar-refractivity contribution in [2.75, 3.05) is 19.6 Å². The van der Waals surface area contributed by atoms with Gasteiger partial charge >= 0.3 is 6.09 Å². The highest BCUT2D eigenvalue weighted by Gasteiger charge is 2.27. The Morgan fingerprint density at radius 1 is 1.19 bits per heavy atom. The van der Waals surface area contributed by atoms with Crippen LogP contribution in [0.15, 0.2) is 30.3 Å². The predicted molar refractivity (Wildman–Crippen MR) is 106 cm³/mol. The van der Waals surface area contributed by atoms with E-state index in [0.717, 1.165) is 31.5 Å². The van der Waals surface area contributed by atoms with Crippen molar-refractivity contribution in [2.45, 2.75) is 65.0 Å². The summed E-state index contributed by atoms with van der Waals surface area (Å²) in [6.45, 7) is 9.96. The summed E-state index contributed by atoms with van der Waals surface area (Å²) in [5.41, 5.74) is 0.506. The number of rotatable bonds is 7. The van der Waals surface area contributed by atoms with E-state index >= 15 is 0 Å². The number of carbonyl (C=O) groups is 2. The summed E-state index contributed by atoms with van der Waals surface area (Å²) in [4.78, 5) is 25.2. The second-order valence-electron chi connectivity index (χ2n) is 8.01. The maximum absolute atomic E-state index is 12.9. The Labute approximate surface area is 162 Å². The van der Waals surface area contributed by atoms with Crippen molar-refractivity contribution in [3.05, 3.63) is 35.9 Å². The van der Waals surface area contributed by atoms with Crippen molar-refractivity contribution in [3.63, 3.8) is 0 Å². The van der Waals surface area contributed by atoms with Crippen molar-refractivity contribution in [1.82, 2.24) is 15.3 Å². The Balaban J connectivity index is 2.05. The number of nitrogens with zero attached hydrogens (tertiary/aromatic N) is 2. The Hall–Kier alpha value is -2.08. The molecule has 1 saturated heterocycles. The highest BCUT2D eigenvalue weighted by Crippen LogP contribution is 2.15. The zero-order valence-corrected chi connectivity index (χ0v) is 17.0. The fraction of sp³-hybridized carbons (Fsp3) is 0.619. The van der Waals surface area contributed by atoms with Crippen LogP contribution in [-0.2, 0) is 16.0 Å². The summed E-state index contributed by atoms with van der Waals surface area (Å²) in [5, 5.41) is 6.84. The molecule has 6 heteroatoms. The summed E-state index contributed by atoms with van der Waals surface area (Å²) >= 11 is 0. The van der Waals surface area contributed by atoms with Gasteiger partial charge in [0.2, 0.25) is 5.91 Å². The predicted octanol–water partition coefficient (Wildman–Crippen LogP) is 3.37. The van der Waals surface area contributed by atoms with Crippen molar-refractivity contribution in [3.8, 4) is 0 Å². The van der Waals surface area contributed by atoms with E-state index in [4.69, 9.17) is 4.74 Å². The van der Waals surface area contributed by atoms with Crippen LogP contribution in [0.25, 0.3) is 0 Å². The minimum Gasteiger partial charge on any atom is -0.444 e. The molecule has 1 aliphatic heterocycles. The molecule has 0 bridgehead atoms. The molecule has 0 aromatic heterocycles.